The molecule has 0 bridgehead atoms. The molecule has 5 aliphatic rings. The van der Waals surface area contributed by atoms with Gasteiger partial charge in [0, 0.05) is 35.8 Å². The maximum atomic E-state index is 13.5. The number of nitrogens with one attached hydrogen (secondary N) is 2. The van der Waals surface area contributed by atoms with Gasteiger partial charge >= 0.3 is 12.1 Å². The number of hydrogen-bond acceptors (Lipinski definition) is 4. The van der Waals surface area contributed by atoms with Crippen molar-refractivity contribution in [3.05, 3.63) is 29.8 Å². The number of amides is 3. The van der Waals surface area contributed by atoms with Crippen molar-refractivity contribution in [1.29, 1.82) is 0 Å². The molecule has 7 nitrogen and oxygen atoms in total. The summed E-state index contributed by atoms with van der Waals surface area (Å²) in [6.45, 7) is 2.75. The largest absolute Gasteiger partial charge is 0.445 e. The van der Waals surface area contributed by atoms with Crippen LogP contribution in [-0.4, -0.2) is 60.9 Å². The maximum Gasteiger partial charge on any atom is 0.407 e. The zero-order valence-corrected chi connectivity index (χ0v) is 23.7. The number of nitrogens with zero attached hydrogens (tertiary/aromatic N) is 2. The molecule has 3 saturated carbocycles. The first-order valence-corrected chi connectivity index (χ1v) is 16.0. The zero-order chi connectivity index (χ0) is 26.7. The van der Waals surface area contributed by atoms with Crippen LogP contribution in [0.3, 0.4) is 0 Å². The number of carbonyl (C=O) groups excluding carboxylic acids is 2. The monoisotopic (exact) mass is 536 g/mol. The minimum absolute atomic E-state index is 0.0143. The summed E-state index contributed by atoms with van der Waals surface area (Å²) in [7, 11) is 0. The molecule has 39 heavy (non-hydrogen) atoms. The number of urea groups is 1. The standard InChI is InChI=1S/C32H48N4O3/c37-30(33-24-11-3-1-4-12-24)36-23-32(26-15-7-8-16-27(26)36)19-21-35(22-20-32)28-17-9-10-18-29(28)39-31(38)34-25-13-5-2-6-14-25/h7-8,15-16,24-25,28-29H,1-6,9-14,17-23H2,(H,33,37)(H,34,38)/t28-,29+/m0/s1. The molecule has 3 amide bonds. The van der Waals surface area contributed by atoms with Crippen LogP contribution in [0, 0.1) is 0 Å². The lowest BCUT2D eigenvalue weighted by Crippen LogP contribution is -2.55. The van der Waals surface area contributed by atoms with Crippen LogP contribution < -0.4 is 15.5 Å². The van der Waals surface area contributed by atoms with Crippen molar-refractivity contribution in [1.82, 2.24) is 15.5 Å². The van der Waals surface area contributed by atoms with Gasteiger partial charge in [0.25, 0.3) is 0 Å². The van der Waals surface area contributed by atoms with Crippen LogP contribution in [0.25, 0.3) is 0 Å². The Morgan fingerprint density at radius 1 is 0.769 bits per heavy atom. The molecule has 2 heterocycles. The number of benzene rings is 1. The third kappa shape index (κ3) is 5.94. The van der Waals surface area contributed by atoms with Crippen LogP contribution in [0.15, 0.2) is 24.3 Å². The van der Waals surface area contributed by atoms with E-state index in [1.54, 1.807) is 0 Å². The fourth-order valence-electron chi connectivity index (χ4n) is 8.24. The van der Waals surface area contributed by atoms with Gasteiger partial charge in [-0.3, -0.25) is 9.80 Å². The van der Waals surface area contributed by atoms with Gasteiger partial charge in [0.15, 0.2) is 0 Å². The van der Waals surface area contributed by atoms with Crippen LogP contribution in [-0.2, 0) is 10.2 Å². The van der Waals surface area contributed by atoms with Crippen LogP contribution in [0.4, 0.5) is 15.3 Å². The van der Waals surface area contributed by atoms with Gasteiger partial charge in [0.05, 0.1) is 0 Å². The highest BCUT2D eigenvalue weighted by atomic mass is 16.6. The van der Waals surface area contributed by atoms with Crippen LogP contribution in [0.5, 0.6) is 0 Å². The van der Waals surface area contributed by atoms with Crippen LogP contribution >= 0.6 is 0 Å². The second kappa shape index (κ2) is 12.1. The molecule has 2 aliphatic heterocycles. The summed E-state index contributed by atoms with van der Waals surface area (Å²) in [5, 5.41) is 6.52. The molecule has 4 fully saturated rings. The summed E-state index contributed by atoms with van der Waals surface area (Å²) < 4.78 is 6.10. The number of piperidine rings is 1. The summed E-state index contributed by atoms with van der Waals surface area (Å²) >= 11 is 0. The van der Waals surface area contributed by atoms with E-state index in [1.165, 1.54) is 50.5 Å². The summed E-state index contributed by atoms with van der Waals surface area (Å²) in [5.74, 6) is 0. The van der Waals surface area contributed by atoms with E-state index in [4.69, 9.17) is 4.74 Å². The minimum Gasteiger partial charge on any atom is -0.445 e. The van der Waals surface area contributed by atoms with Crippen molar-refractivity contribution < 1.29 is 14.3 Å². The highest BCUT2D eigenvalue weighted by Gasteiger charge is 2.48. The van der Waals surface area contributed by atoms with E-state index >= 15 is 0 Å². The molecule has 0 radical (unpaired) electrons. The van der Waals surface area contributed by atoms with Crippen LogP contribution in [0.1, 0.15) is 108 Å². The first-order valence-electron chi connectivity index (χ1n) is 16.0. The molecule has 3 aliphatic carbocycles. The summed E-state index contributed by atoms with van der Waals surface area (Å²) in [6.07, 6.45) is 18.0. The van der Waals surface area contributed by atoms with Crippen molar-refractivity contribution in [2.45, 2.75) is 132 Å². The molecule has 1 saturated heterocycles. The molecule has 7 heteroatoms. The van der Waals surface area contributed by atoms with E-state index in [0.717, 1.165) is 83.1 Å². The highest BCUT2D eigenvalue weighted by Crippen LogP contribution is 2.47. The Morgan fingerprint density at radius 3 is 2.10 bits per heavy atom. The number of ether oxygens (including phenoxy) is 1. The summed E-state index contributed by atoms with van der Waals surface area (Å²) in [4.78, 5) is 30.9. The Morgan fingerprint density at radius 2 is 1.38 bits per heavy atom. The summed E-state index contributed by atoms with van der Waals surface area (Å²) in [5.41, 5.74) is 2.45. The molecule has 214 valence electrons. The van der Waals surface area contributed by atoms with E-state index in [1.807, 2.05) is 4.90 Å². The van der Waals surface area contributed by atoms with Gasteiger partial charge in [-0.15, -0.1) is 0 Å². The predicted molar refractivity (Wildman–Crippen MR) is 154 cm³/mol. The number of alkyl carbamates (subject to hydrolysis) is 1. The minimum atomic E-state index is -0.211. The number of anilines is 1. The number of para-hydroxylation sites is 1. The lowest BCUT2D eigenvalue weighted by Gasteiger charge is -2.46. The molecule has 2 N–H and O–H groups in total. The van der Waals surface area contributed by atoms with Gasteiger partial charge in [0.1, 0.15) is 6.10 Å². The maximum absolute atomic E-state index is 13.5. The van der Waals surface area contributed by atoms with Gasteiger partial charge in [-0.25, -0.2) is 9.59 Å². The topological polar surface area (TPSA) is 73.9 Å². The van der Waals surface area contributed by atoms with Crippen molar-refractivity contribution in [3.8, 4) is 0 Å². The third-order valence-electron chi connectivity index (χ3n) is 10.5. The normalized spacial score (nSPS) is 28.2. The van der Waals surface area contributed by atoms with E-state index in [-0.39, 0.29) is 29.7 Å². The zero-order valence-electron chi connectivity index (χ0n) is 23.7. The molecular weight excluding hydrogens is 488 g/mol. The first kappa shape index (κ1) is 26.9. The van der Waals surface area contributed by atoms with E-state index < -0.39 is 0 Å². The lowest BCUT2D eigenvalue weighted by molar-refractivity contribution is -0.0121. The Labute approximate surface area is 234 Å². The predicted octanol–water partition coefficient (Wildman–Crippen LogP) is 6.25. The number of likely N-dealkylation sites (tertiary alicyclic amines) is 1. The molecule has 0 unspecified atom stereocenters. The van der Waals surface area contributed by atoms with Gasteiger partial charge in [0.2, 0.25) is 0 Å². The average Bonchev–Trinajstić information content (AvgIpc) is 3.29. The fraction of sp³-hybridized carbons (Fsp3) is 0.750. The Bertz CT molecular complexity index is 995. The molecule has 2 atom stereocenters. The second-order valence-corrected chi connectivity index (χ2v) is 13.0. The number of rotatable bonds is 4. The van der Waals surface area contributed by atoms with E-state index in [9.17, 15) is 9.59 Å². The van der Waals surface area contributed by atoms with Gasteiger partial charge in [-0.05, 0) is 82.5 Å². The quantitative estimate of drug-likeness (QED) is 0.477. The smallest absolute Gasteiger partial charge is 0.407 e. The number of fused-ring (bicyclic) bond motifs is 2. The molecule has 1 spiro atoms. The van der Waals surface area contributed by atoms with Crippen LogP contribution in [0.2, 0.25) is 0 Å². The molecule has 6 rings (SSSR count). The van der Waals surface area contributed by atoms with E-state index in [0.29, 0.717) is 12.1 Å². The SMILES string of the molecule is O=C(NC1CCCCC1)O[C@@H]1CCCC[C@@H]1N1CCC2(CC1)CN(C(=O)NC1CCCCC1)c1ccccc12. The van der Waals surface area contributed by atoms with Gasteiger partial charge < -0.3 is 15.4 Å². The van der Waals surface area contributed by atoms with Gasteiger partial charge in [-0.1, -0.05) is 63.1 Å². The van der Waals surface area contributed by atoms with Crippen molar-refractivity contribution in [2.75, 3.05) is 24.5 Å². The first-order chi connectivity index (χ1) is 19.1. The van der Waals surface area contributed by atoms with Crippen molar-refractivity contribution >= 4 is 17.8 Å². The molecule has 1 aromatic carbocycles. The highest BCUT2D eigenvalue weighted by molar-refractivity contribution is 5.95. The second-order valence-electron chi connectivity index (χ2n) is 13.0. The number of carbonyl (C=O) groups is 2. The van der Waals surface area contributed by atoms with Crippen molar-refractivity contribution in [3.63, 3.8) is 0 Å². The van der Waals surface area contributed by atoms with Gasteiger partial charge in [-0.2, -0.15) is 0 Å². The van der Waals surface area contributed by atoms with Crippen molar-refractivity contribution in [2.24, 2.45) is 0 Å². The summed E-state index contributed by atoms with van der Waals surface area (Å²) in [6, 6.07) is 9.56. The number of hydrogen-bond donors (Lipinski definition) is 2. The molecule has 0 aromatic heterocycles. The fourth-order valence-corrected chi connectivity index (χ4v) is 8.24. The Balaban J connectivity index is 1.09. The molecular formula is C32H48N4O3. The Kier molecular flexibility index (Phi) is 8.33. The third-order valence-corrected chi connectivity index (χ3v) is 10.5. The van der Waals surface area contributed by atoms with E-state index in [2.05, 4.69) is 39.8 Å². The Hall–Kier alpha value is -2.28. The molecule has 1 aromatic rings. The average molecular weight is 537 g/mol. The lowest BCUT2D eigenvalue weighted by atomic mass is 9.73.